The van der Waals surface area contributed by atoms with Crippen LogP contribution in [0.4, 0.5) is 10.2 Å². The van der Waals surface area contributed by atoms with Crippen molar-refractivity contribution in [3.05, 3.63) is 41.2 Å². The molecule has 0 aromatic carbocycles. The fraction of sp³-hybridized carbons (Fsp3) is 0.524. The number of nitrogens with one attached hydrogen (secondary N) is 1. The number of ether oxygens (including phenoxy) is 1. The number of rotatable bonds is 7. The fourth-order valence-corrected chi connectivity index (χ4v) is 3.87. The Balaban J connectivity index is 1.53. The van der Waals surface area contributed by atoms with Gasteiger partial charge in [0.1, 0.15) is 0 Å². The third-order valence-electron chi connectivity index (χ3n) is 5.45. The summed E-state index contributed by atoms with van der Waals surface area (Å²) in [6, 6.07) is 3.95. The number of fused-ring (bicyclic) bond motifs is 1. The molecule has 0 spiro atoms. The molecule has 4 rings (SSSR count). The number of imidazole rings is 1. The number of anilines is 1. The Hall–Kier alpha value is -2.81. The molecule has 0 saturated carbocycles. The van der Waals surface area contributed by atoms with Crippen LogP contribution in [0.1, 0.15) is 62.4 Å². The second-order valence-corrected chi connectivity index (χ2v) is 7.88. The summed E-state index contributed by atoms with van der Waals surface area (Å²) in [5.74, 6) is 0.1000. The number of nitrogens with zero attached hydrogens (tertiary/aromatic N) is 5. The smallest absolute Gasteiger partial charge is 0.336 e. The highest BCUT2D eigenvalue weighted by Crippen LogP contribution is 2.25. The van der Waals surface area contributed by atoms with E-state index < -0.39 is 5.95 Å². The molecule has 1 aliphatic heterocycles. The molecule has 0 amide bonds. The zero-order chi connectivity index (χ0) is 21.1. The van der Waals surface area contributed by atoms with Crippen LogP contribution >= 0.6 is 0 Å². The van der Waals surface area contributed by atoms with Crippen molar-refractivity contribution < 1.29 is 9.13 Å². The monoisotopic (exact) mass is 413 g/mol. The number of halogens is 1. The Morgan fingerprint density at radius 3 is 2.80 bits per heavy atom. The molecule has 1 saturated heterocycles. The lowest BCUT2D eigenvalue weighted by Gasteiger charge is -2.22. The summed E-state index contributed by atoms with van der Waals surface area (Å²) < 4.78 is 21.9. The molecule has 4 heterocycles. The first-order chi connectivity index (χ1) is 14.5. The van der Waals surface area contributed by atoms with E-state index in [0.29, 0.717) is 29.2 Å². The van der Waals surface area contributed by atoms with Crippen LogP contribution in [0.5, 0.6) is 6.01 Å². The lowest BCUT2D eigenvalue weighted by molar-refractivity contribution is 0.189. The molecule has 0 bridgehead atoms. The molecule has 1 fully saturated rings. The SMILES string of the molecule is CCCC(C)Oc1nc(N)c2nc(Cc3ccc(C4CCNCC4)nc3F)cn2n1. The fourth-order valence-electron chi connectivity index (χ4n) is 3.87. The van der Waals surface area contributed by atoms with E-state index in [0.717, 1.165) is 44.5 Å². The van der Waals surface area contributed by atoms with Crippen molar-refractivity contribution in [1.82, 2.24) is 29.9 Å². The van der Waals surface area contributed by atoms with Gasteiger partial charge in [0.2, 0.25) is 5.95 Å². The molecule has 8 nitrogen and oxygen atoms in total. The molecule has 30 heavy (non-hydrogen) atoms. The summed E-state index contributed by atoms with van der Waals surface area (Å²) in [4.78, 5) is 12.9. The van der Waals surface area contributed by atoms with Crippen LogP contribution in [-0.4, -0.2) is 43.8 Å². The minimum Gasteiger partial charge on any atom is -0.459 e. The van der Waals surface area contributed by atoms with E-state index in [4.69, 9.17) is 10.5 Å². The second kappa shape index (κ2) is 8.91. The normalized spacial score (nSPS) is 16.1. The first-order valence-corrected chi connectivity index (χ1v) is 10.6. The minimum absolute atomic E-state index is 0.00604. The summed E-state index contributed by atoms with van der Waals surface area (Å²) in [7, 11) is 0. The van der Waals surface area contributed by atoms with Gasteiger partial charge in [-0.05, 0) is 45.3 Å². The molecule has 1 atom stereocenters. The highest BCUT2D eigenvalue weighted by atomic mass is 19.1. The summed E-state index contributed by atoms with van der Waals surface area (Å²) in [6.45, 7) is 5.95. The van der Waals surface area contributed by atoms with Gasteiger partial charge in [0.15, 0.2) is 11.5 Å². The van der Waals surface area contributed by atoms with E-state index in [2.05, 4.69) is 32.3 Å². The van der Waals surface area contributed by atoms with Gasteiger partial charge >= 0.3 is 6.01 Å². The first kappa shape index (κ1) is 20.5. The third kappa shape index (κ3) is 4.51. The van der Waals surface area contributed by atoms with E-state index in [1.165, 1.54) is 0 Å². The van der Waals surface area contributed by atoms with Gasteiger partial charge < -0.3 is 15.8 Å². The molecule has 0 radical (unpaired) electrons. The molecule has 1 aliphatic rings. The third-order valence-corrected chi connectivity index (χ3v) is 5.45. The standard InChI is InChI=1S/C21H28FN7O/c1-3-4-13(2)30-21-27-19(23)20-25-16(12-29(20)28-21)11-15-5-6-17(26-18(15)22)14-7-9-24-10-8-14/h5-6,12-14,24H,3-4,7-11H2,1-2H3,(H2,23,27,28). The maximum absolute atomic E-state index is 14.7. The van der Waals surface area contributed by atoms with Crippen molar-refractivity contribution in [1.29, 1.82) is 0 Å². The predicted molar refractivity (Wildman–Crippen MR) is 112 cm³/mol. The quantitative estimate of drug-likeness (QED) is 0.574. The van der Waals surface area contributed by atoms with E-state index in [-0.39, 0.29) is 17.9 Å². The van der Waals surface area contributed by atoms with Gasteiger partial charge in [-0.3, -0.25) is 0 Å². The number of nitrogen functional groups attached to an aromatic ring is 1. The zero-order valence-corrected chi connectivity index (χ0v) is 17.4. The van der Waals surface area contributed by atoms with E-state index in [9.17, 15) is 4.39 Å². The second-order valence-electron chi connectivity index (χ2n) is 7.88. The largest absolute Gasteiger partial charge is 0.459 e. The maximum atomic E-state index is 14.7. The molecular weight excluding hydrogens is 385 g/mol. The van der Waals surface area contributed by atoms with Crippen LogP contribution in [0.15, 0.2) is 18.3 Å². The number of nitrogens with two attached hydrogens (primary N) is 1. The number of hydrogen-bond acceptors (Lipinski definition) is 7. The Kier molecular flexibility index (Phi) is 6.08. The topological polar surface area (TPSA) is 103 Å². The average molecular weight is 414 g/mol. The summed E-state index contributed by atoms with van der Waals surface area (Å²) >= 11 is 0. The van der Waals surface area contributed by atoms with Gasteiger partial charge in [-0.25, -0.2) is 14.5 Å². The van der Waals surface area contributed by atoms with Crippen molar-refractivity contribution in [3.63, 3.8) is 0 Å². The molecule has 1 unspecified atom stereocenters. The number of aromatic nitrogens is 5. The predicted octanol–water partition coefficient (Wildman–Crippen LogP) is 2.87. The molecule has 3 aromatic rings. The Labute approximate surface area is 175 Å². The molecule has 160 valence electrons. The highest BCUT2D eigenvalue weighted by Gasteiger charge is 2.19. The van der Waals surface area contributed by atoms with Crippen LogP contribution in [0.2, 0.25) is 0 Å². The number of hydrogen-bond donors (Lipinski definition) is 2. The first-order valence-electron chi connectivity index (χ1n) is 10.6. The Morgan fingerprint density at radius 2 is 2.07 bits per heavy atom. The van der Waals surface area contributed by atoms with Crippen LogP contribution in [0.25, 0.3) is 5.65 Å². The van der Waals surface area contributed by atoms with Gasteiger partial charge in [0.05, 0.1) is 18.0 Å². The highest BCUT2D eigenvalue weighted by molar-refractivity contribution is 5.59. The number of piperidine rings is 1. The Morgan fingerprint density at radius 1 is 1.27 bits per heavy atom. The zero-order valence-electron chi connectivity index (χ0n) is 17.4. The molecule has 3 N–H and O–H groups in total. The van der Waals surface area contributed by atoms with Crippen molar-refractivity contribution in [2.24, 2.45) is 0 Å². The lowest BCUT2D eigenvalue weighted by Crippen LogP contribution is -2.27. The van der Waals surface area contributed by atoms with E-state index >= 15 is 0 Å². The van der Waals surface area contributed by atoms with Crippen molar-refractivity contribution in [2.75, 3.05) is 18.8 Å². The van der Waals surface area contributed by atoms with Gasteiger partial charge in [-0.2, -0.15) is 9.37 Å². The summed E-state index contributed by atoms with van der Waals surface area (Å²) in [5.41, 5.74) is 8.43. The molecular formula is C21H28FN7O. The number of pyridine rings is 1. The average Bonchev–Trinajstić information content (AvgIpc) is 3.13. The van der Waals surface area contributed by atoms with Crippen molar-refractivity contribution >= 4 is 11.5 Å². The molecule has 0 aliphatic carbocycles. The van der Waals surface area contributed by atoms with Gasteiger partial charge in [0, 0.05) is 23.6 Å². The molecule has 3 aromatic heterocycles. The van der Waals surface area contributed by atoms with Crippen LogP contribution in [0, 0.1) is 5.95 Å². The van der Waals surface area contributed by atoms with Crippen molar-refractivity contribution in [2.45, 2.75) is 58.0 Å². The van der Waals surface area contributed by atoms with Gasteiger partial charge in [-0.15, -0.1) is 5.10 Å². The minimum atomic E-state index is -0.445. The molecule has 9 heteroatoms. The summed E-state index contributed by atoms with van der Waals surface area (Å²) in [5, 5.41) is 7.66. The van der Waals surface area contributed by atoms with Gasteiger partial charge in [0.25, 0.3) is 0 Å². The van der Waals surface area contributed by atoms with Crippen molar-refractivity contribution in [3.8, 4) is 6.01 Å². The van der Waals surface area contributed by atoms with Crippen LogP contribution < -0.4 is 15.8 Å². The van der Waals surface area contributed by atoms with E-state index in [1.54, 1.807) is 16.8 Å². The lowest BCUT2D eigenvalue weighted by atomic mass is 9.94. The summed E-state index contributed by atoms with van der Waals surface area (Å²) in [6.07, 6.45) is 5.89. The van der Waals surface area contributed by atoms with Crippen LogP contribution in [-0.2, 0) is 6.42 Å². The Bertz CT molecular complexity index is 1020. The van der Waals surface area contributed by atoms with Gasteiger partial charge in [-0.1, -0.05) is 19.4 Å². The van der Waals surface area contributed by atoms with E-state index in [1.807, 2.05) is 13.0 Å². The maximum Gasteiger partial charge on any atom is 0.336 e. The van der Waals surface area contributed by atoms with Crippen LogP contribution in [0.3, 0.4) is 0 Å².